The first-order valence-electron chi connectivity index (χ1n) is 15.2. The molecule has 0 aliphatic rings. The van der Waals surface area contributed by atoms with Crippen LogP contribution in [0.5, 0.6) is 0 Å². The lowest BCUT2D eigenvalue weighted by Crippen LogP contribution is -2.08. The molecular weight excluding hydrogens is 632 g/mol. The van der Waals surface area contributed by atoms with Gasteiger partial charge in [0.05, 0.1) is 22.3 Å². The highest BCUT2D eigenvalue weighted by atomic mass is 16.4. The summed E-state index contributed by atoms with van der Waals surface area (Å²) in [6.45, 7) is 0. The first kappa shape index (κ1) is 31.2. The Bertz CT molecular complexity index is 2440. The minimum Gasteiger partial charge on any atom is -0.478 e. The molecule has 0 aromatic heterocycles. The molecule has 7 aromatic carbocycles. The molecule has 8 heteroatoms. The maximum absolute atomic E-state index is 12.1. The van der Waals surface area contributed by atoms with Gasteiger partial charge >= 0.3 is 23.9 Å². The summed E-state index contributed by atoms with van der Waals surface area (Å²) in [5.41, 5.74) is 1.04. The minimum atomic E-state index is -1.39. The second-order valence-electron chi connectivity index (χ2n) is 11.5. The number of rotatable bonds is 4. The summed E-state index contributed by atoms with van der Waals surface area (Å²) in [5, 5.41) is 43.7. The summed E-state index contributed by atoms with van der Waals surface area (Å²) in [5.74, 6) is 7.43. The lowest BCUT2D eigenvalue weighted by atomic mass is 9.87. The second-order valence-corrected chi connectivity index (χ2v) is 11.5. The summed E-state index contributed by atoms with van der Waals surface area (Å²) in [7, 11) is 0. The number of hydrogen-bond acceptors (Lipinski definition) is 4. The van der Waals surface area contributed by atoms with Gasteiger partial charge in [-0.25, -0.2) is 19.2 Å². The summed E-state index contributed by atoms with van der Waals surface area (Å²) in [4.78, 5) is 48.4. The highest BCUT2D eigenvalue weighted by Gasteiger charge is 2.21. The van der Waals surface area contributed by atoms with Crippen molar-refractivity contribution < 1.29 is 39.6 Å². The van der Waals surface area contributed by atoms with Crippen LogP contribution in [0, 0.1) is 23.7 Å². The molecule has 50 heavy (non-hydrogen) atoms. The normalized spacial score (nSPS) is 10.7. The molecule has 0 saturated carbocycles. The molecule has 7 aromatic rings. The fraction of sp³-hybridized carbons (Fsp3) is 0. The number of benzene rings is 7. The van der Waals surface area contributed by atoms with E-state index in [-0.39, 0.29) is 22.3 Å². The van der Waals surface area contributed by atoms with E-state index in [1.54, 1.807) is 24.3 Å². The van der Waals surface area contributed by atoms with Gasteiger partial charge in [-0.2, -0.15) is 0 Å². The van der Waals surface area contributed by atoms with Crippen molar-refractivity contribution in [1.29, 1.82) is 0 Å². The Balaban J connectivity index is 1.69. The largest absolute Gasteiger partial charge is 0.478 e. The molecule has 0 fully saturated rings. The molecule has 8 nitrogen and oxygen atoms in total. The average Bonchev–Trinajstić information content (AvgIpc) is 3.11. The van der Waals surface area contributed by atoms with Gasteiger partial charge in [0.15, 0.2) is 0 Å². The fourth-order valence-corrected chi connectivity index (χ4v) is 6.11. The van der Waals surface area contributed by atoms with Crippen LogP contribution in [0.15, 0.2) is 109 Å². The third-order valence-electron chi connectivity index (χ3n) is 8.44. The Morgan fingerprint density at radius 1 is 0.360 bits per heavy atom. The van der Waals surface area contributed by atoms with Crippen LogP contribution in [0.1, 0.15) is 63.7 Å². The van der Waals surface area contributed by atoms with Crippen LogP contribution in [0.2, 0.25) is 0 Å². The standard InChI is InChI=1S/C42H22O8/c43-39(44)35-19-25-15-31-29(13-11-23-7-3-1-4-8-23)32-16-26-20-36(40(45)46)38(42(49)50)22-28(26)18-34(32)30(14-12-24-9-5-2-6-10-24)33(31)17-27(25)21-37(35)41(47)48/h1-10,15-22H,(H,43,44)(H,45,46)(H,47,48)(H,49,50). The van der Waals surface area contributed by atoms with Crippen molar-refractivity contribution in [2.24, 2.45) is 0 Å². The molecule has 0 bridgehead atoms. The van der Waals surface area contributed by atoms with Crippen molar-refractivity contribution >= 4 is 67.0 Å². The van der Waals surface area contributed by atoms with E-state index in [9.17, 15) is 39.6 Å². The van der Waals surface area contributed by atoms with Crippen LogP contribution in [0.3, 0.4) is 0 Å². The maximum atomic E-state index is 12.1. The molecule has 238 valence electrons. The minimum absolute atomic E-state index is 0.368. The number of carbonyl (C=O) groups is 4. The van der Waals surface area contributed by atoms with Gasteiger partial charge in [0.25, 0.3) is 0 Å². The molecule has 7 rings (SSSR count). The van der Waals surface area contributed by atoms with Crippen LogP contribution >= 0.6 is 0 Å². The van der Waals surface area contributed by atoms with Crippen LogP contribution < -0.4 is 0 Å². The Kier molecular flexibility index (Phi) is 7.68. The van der Waals surface area contributed by atoms with E-state index in [0.29, 0.717) is 54.2 Å². The van der Waals surface area contributed by atoms with Crippen molar-refractivity contribution in [2.45, 2.75) is 0 Å². The van der Waals surface area contributed by atoms with E-state index in [0.717, 1.165) is 11.1 Å². The van der Waals surface area contributed by atoms with E-state index in [1.807, 2.05) is 60.7 Å². The summed E-state index contributed by atoms with van der Waals surface area (Å²) < 4.78 is 0. The zero-order chi connectivity index (χ0) is 35.1. The van der Waals surface area contributed by atoms with Crippen LogP contribution in [0.25, 0.3) is 43.1 Å². The molecule has 4 N–H and O–H groups in total. The zero-order valence-corrected chi connectivity index (χ0v) is 25.8. The lowest BCUT2D eigenvalue weighted by Gasteiger charge is -2.15. The zero-order valence-electron chi connectivity index (χ0n) is 25.8. The molecular formula is C42H22O8. The first-order chi connectivity index (χ1) is 24.1. The predicted molar refractivity (Wildman–Crippen MR) is 189 cm³/mol. The van der Waals surface area contributed by atoms with Gasteiger partial charge in [0.1, 0.15) is 0 Å². The van der Waals surface area contributed by atoms with Gasteiger partial charge in [-0.1, -0.05) is 60.1 Å². The number of carboxylic acids is 4. The van der Waals surface area contributed by atoms with Crippen molar-refractivity contribution in [2.75, 3.05) is 0 Å². The maximum Gasteiger partial charge on any atom is 0.336 e. The molecule has 0 amide bonds. The molecule has 0 radical (unpaired) electrons. The second kappa shape index (κ2) is 12.3. The molecule has 0 spiro atoms. The predicted octanol–water partition coefficient (Wildman–Crippen LogP) is 7.89. The van der Waals surface area contributed by atoms with Crippen molar-refractivity contribution in [3.63, 3.8) is 0 Å². The quantitative estimate of drug-likeness (QED) is 0.111. The van der Waals surface area contributed by atoms with E-state index in [4.69, 9.17) is 0 Å². The van der Waals surface area contributed by atoms with Crippen LogP contribution in [0.4, 0.5) is 0 Å². The molecule has 0 aliphatic heterocycles. The number of hydrogen-bond donors (Lipinski definition) is 4. The van der Waals surface area contributed by atoms with Crippen LogP contribution in [-0.2, 0) is 0 Å². The van der Waals surface area contributed by atoms with Gasteiger partial charge in [-0.05, 0) is 116 Å². The van der Waals surface area contributed by atoms with Crippen molar-refractivity contribution in [3.05, 3.63) is 154 Å². The monoisotopic (exact) mass is 654 g/mol. The van der Waals surface area contributed by atoms with E-state index in [1.165, 1.54) is 24.3 Å². The van der Waals surface area contributed by atoms with Crippen molar-refractivity contribution in [1.82, 2.24) is 0 Å². The van der Waals surface area contributed by atoms with E-state index in [2.05, 4.69) is 23.7 Å². The molecule has 0 heterocycles. The highest BCUT2D eigenvalue weighted by Crippen LogP contribution is 2.38. The van der Waals surface area contributed by atoms with Gasteiger partial charge in [0, 0.05) is 22.3 Å². The molecule has 0 aliphatic carbocycles. The van der Waals surface area contributed by atoms with Crippen molar-refractivity contribution in [3.8, 4) is 23.7 Å². The fourth-order valence-electron chi connectivity index (χ4n) is 6.11. The highest BCUT2D eigenvalue weighted by molar-refractivity contribution is 6.18. The molecule has 0 unspecified atom stereocenters. The summed E-state index contributed by atoms with van der Waals surface area (Å²) in [6, 6.07) is 30.8. The average molecular weight is 655 g/mol. The lowest BCUT2D eigenvalue weighted by molar-refractivity contribution is 0.0652. The molecule has 0 saturated heterocycles. The third kappa shape index (κ3) is 5.60. The smallest absolute Gasteiger partial charge is 0.336 e. The number of fused-ring (bicyclic) bond motifs is 4. The Morgan fingerprint density at radius 2 is 0.620 bits per heavy atom. The summed E-state index contributed by atoms with van der Waals surface area (Å²) in [6.07, 6.45) is 0. The Morgan fingerprint density at radius 3 is 0.860 bits per heavy atom. The van der Waals surface area contributed by atoms with Gasteiger partial charge in [0.2, 0.25) is 0 Å². The van der Waals surface area contributed by atoms with Gasteiger partial charge in [-0.3, -0.25) is 0 Å². The Hall–Kier alpha value is -7.42. The van der Waals surface area contributed by atoms with Gasteiger partial charge in [-0.15, -0.1) is 0 Å². The SMILES string of the molecule is O=C(O)c1cc2cc3c(C#Cc4ccccc4)c4cc5cc(C(=O)O)c(C(=O)O)cc5cc4c(C#Cc4ccccc4)c3cc2cc1C(=O)O. The number of aromatic carboxylic acids is 4. The van der Waals surface area contributed by atoms with Crippen LogP contribution in [-0.4, -0.2) is 44.3 Å². The Labute approximate surface area is 283 Å². The topological polar surface area (TPSA) is 149 Å². The third-order valence-corrected chi connectivity index (χ3v) is 8.44. The van der Waals surface area contributed by atoms with E-state index < -0.39 is 23.9 Å². The number of carboxylic acid groups (broad SMARTS) is 4. The first-order valence-corrected chi connectivity index (χ1v) is 15.2. The summed E-state index contributed by atoms with van der Waals surface area (Å²) >= 11 is 0. The molecule has 0 atom stereocenters. The van der Waals surface area contributed by atoms with Gasteiger partial charge < -0.3 is 20.4 Å². The van der Waals surface area contributed by atoms with E-state index >= 15 is 0 Å².